The maximum Gasteiger partial charge on any atom is 0.228 e. The second-order valence-electron chi connectivity index (χ2n) is 2.98. The molecule has 1 aromatic rings. The largest absolute Gasteiger partial charge is 0.491 e. The molecule has 80 valence electrons. The smallest absolute Gasteiger partial charge is 0.228 e. The normalized spacial score (nSPS) is 9.73. The van der Waals surface area contributed by atoms with E-state index in [9.17, 15) is 9.59 Å². The molecular formula is C11H12O4. The molecule has 0 bridgehead atoms. The lowest BCUT2D eigenvalue weighted by molar-refractivity contribution is -0.113. The minimum atomic E-state index is -0.510. The van der Waals surface area contributed by atoms with Crippen LogP contribution in [0.1, 0.15) is 17.3 Å². The van der Waals surface area contributed by atoms with Crippen LogP contribution < -0.4 is 4.74 Å². The van der Waals surface area contributed by atoms with Gasteiger partial charge in [0, 0.05) is 12.5 Å². The van der Waals surface area contributed by atoms with Crippen molar-refractivity contribution in [1.82, 2.24) is 0 Å². The number of ketones is 2. The van der Waals surface area contributed by atoms with Crippen molar-refractivity contribution in [3.05, 3.63) is 29.8 Å². The van der Waals surface area contributed by atoms with Gasteiger partial charge in [0.15, 0.2) is 5.78 Å². The van der Waals surface area contributed by atoms with Gasteiger partial charge in [-0.1, -0.05) is 0 Å². The molecule has 15 heavy (non-hydrogen) atoms. The van der Waals surface area contributed by atoms with E-state index in [1.54, 1.807) is 12.1 Å². The second kappa shape index (κ2) is 5.26. The number of aliphatic hydroxyl groups excluding tert-OH is 1. The molecule has 0 spiro atoms. The molecule has 1 aromatic carbocycles. The molecular weight excluding hydrogens is 196 g/mol. The van der Waals surface area contributed by atoms with Gasteiger partial charge in [0.25, 0.3) is 0 Å². The number of Topliss-reactive ketones (excluding diaryl/α,β-unsaturated/α-hetero) is 2. The van der Waals surface area contributed by atoms with Crippen LogP contribution in [0.2, 0.25) is 0 Å². The van der Waals surface area contributed by atoms with Gasteiger partial charge in [0.1, 0.15) is 12.4 Å². The molecule has 0 aromatic heterocycles. The van der Waals surface area contributed by atoms with E-state index in [2.05, 4.69) is 0 Å². The molecule has 4 heteroatoms. The fourth-order valence-corrected chi connectivity index (χ4v) is 1.07. The minimum absolute atomic E-state index is 0.0614. The van der Waals surface area contributed by atoms with Crippen molar-refractivity contribution in [3.8, 4) is 5.75 Å². The molecule has 4 nitrogen and oxygen atoms in total. The van der Waals surface area contributed by atoms with Gasteiger partial charge in [-0.05, 0) is 24.3 Å². The van der Waals surface area contributed by atoms with Crippen molar-refractivity contribution in [2.24, 2.45) is 0 Å². The third-order valence-corrected chi connectivity index (χ3v) is 1.80. The highest BCUT2D eigenvalue weighted by molar-refractivity contribution is 6.42. The van der Waals surface area contributed by atoms with Crippen LogP contribution in [0.3, 0.4) is 0 Å². The van der Waals surface area contributed by atoms with Crippen molar-refractivity contribution in [2.75, 3.05) is 13.2 Å². The van der Waals surface area contributed by atoms with Gasteiger partial charge in [-0.3, -0.25) is 9.59 Å². The van der Waals surface area contributed by atoms with Crippen LogP contribution in [0.4, 0.5) is 0 Å². The Labute approximate surface area is 87.5 Å². The Balaban J connectivity index is 2.72. The van der Waals surface area contributed by atoms with Gasteiger partial charge in [-0.25, -0.2) is 0 Å². The summed E-state index contributed by atoms with van der Waals surface area (Å²) in [6, 6.07) is 6.23. The lowest BCUT2D eigenvalue weighted by Crippen LogP contribution is -2.09. The Morgan fingerprint density at radius 2 is 1.87 bits per heavy atom. The molecule has 1 rings (SSSR count). The number of benzene rings is 1. The molecule has 0 saturated heterocycles. The molecule has 0 aliphatic carbocycles. The first-order valence-corrected chi connectivity index (χ1v) is 4.54. The van der Waals surface area contributed by atoms with Gasteiger partial charge in [0.2, 0.25) is 5.78 Å². The molecule has 0 fully saturated rings. The molecule has 1 N–H and O–H groups in total. The quantitative estimate of drug-likeness (QED) is 0.575. The van der Waals surface area contributed by atoms with Gasteiger partial charge in [-0.2, -0.15) is 0 Å². The van der Waals surface area contributed by atoms with Gasteiger partial charge >= 0.3 is 0 Å². The predicted molar refractivity (Wildman–Crippen MR) is 54.0 cm³/mol. The van der Waals surface area contributed by atoms with Crippen molar-refractivity contribution >= 4 is 11.6 Å². The molecule has 0 heterocycles. The first-order chi connectivity index (χ1) is 7.15. The molecule has 0 aliphatic heterocycles. The molecule has 0 aliphatic rings. The highest BCUT2D eigenvalue weighted by Gasteiger charge is 2.10. The third kappa shape index (κ3) is 3.18. The van der Waals surface area contributed by atoms with E-state index < -0.39 is 11.6 Å². The van der Waals surface area contributed by atoms with Crippen molar-refractivity contribution in [2.45, 2.75) is 6.92 Å². The molecule has 0 saturated carbocycles. The SMILES string of the molecule is CC(=O)C(=O)c1ccc(OCCO)cc1. The lowest BCUT2D eigenvalue weighted by Gasteiger charge is -2.04. The zero-order valence-electron chi connectivity index (χ0n) is 8.40. The highest BCUT2D eigenvalue weighted by atomic mass is 16.5. The van der Waals surface area contributed by atoms with Crippen LogP contribution in [0.25, 0.3) is 0 Å². The first kappa shape index (κ1) is 11.4. The van der Waals surface area contributed by atoms with Crippen molar-refractivity contribution < 1.29 is 19.4 Å². The van der Waals surface area contributed by atoms with E-state index in [-0.39, 0.29) is 13.2 Å². The Hall–Kier alpha value is -1.68. The van der Waals surface area contributed by atoms with Gasteiger partial charge in [0.05, 0.1) is 6.61 Å². The summed E-state index contributed by atoms with van der Waals surface area (Å²) in [5, 5.41) is 8.52. The lowest BCUT2D eigenvalue weighted by atomic mass is 10.1. The van der Waals surface area contributed by atoms with Crippen molar-refractivity contribution in [1.29, 1.82) is 0 Å². The predicted octanol–water partition coefficient (Wildman–Crippen LogP) is 0.829. The molecule has 0 atom stereocenters. The molecule has 0 radical (unpaired) electrons. The molecule has 0 unspecified atom stereocenters. The number of aliphatic hydroxyl groups is 1. The zero-order chi connectivity index (χ0) is 11.3. The van der Waals surface area contributed by atoms with Crippen LogP contribution in [0, 0.1) is 0 Å². The van der Waals surface area contributed by atoms with E-state index in [0.717, 1.165) is 0 Å². The van der Waals surface area contributed by atoms with E-state index in [1.165, 1.54) is 19.1 Å². The summed E-state index contributed by atoms with van der Waals surface area (Å²) in [6.45, 7) is 1.38. The fourth-order valence-electron chi connectivity index (χ4n) is 1.07. The maximum atomic E-state index is 11.2. The van der Waals surface area contributed by atoms with Gasteiger partial charge in [-0.15, -0.1) is 0 Å². The summed E-state index contributed by atoms with van der Waals surface area (Å²) in [4.78, 5) is 22.0. The number of hydrogen-bond donors (Lipinski definition) is 1. The van der Waals surface area contributed by atoms with E-state index >= 15 is 0 Å². The second-order valence-corrected chi connectivity index (χ2v) is 2.98. The topological polar surface area (TPSA) is 63.6 Å². The van der Waals surface area contributed by atoms with Crippen molar-refractivity contribution in [3.63, 3.8) is 0 Å². The van der Waals surface area contributed by atoms with Crippen LogP contribution in [-0.2, 0) is 4.79 Å². The summed E-state index contributed by atoms with van der Waals surface area (Å²) in [6.07, 6.45) is 0. The number of rotatable bonds is 5. The van der Waals surface area contributed by atoms with Crippen LogP contribution >= 0.6 is 0 Å². The van der Waals surface area contributed by atoms with E-state index in [0.29, 0.717) is 11.3 Å². The zero-order valence-corrected chi connectivity index (χ0v) is 8.40. The summed E-state index contributed by atoms with van der Waals surface area (Å²) in [5.41, 5.74) is 0.346. The minimum Gasteiger partial charge on any atom is -0.491 e. The van der Waals surface area contributed by atoms with E-state index in [1.807, 2.05) is 0 Å². The average molecular weight is 208 g/mol. The standard InChI is InChI=1S/C11H12O4/c1-8(13)11(14)9-2-4-10(5-3-9)15-7-6-12/h2-5,12H,6-7H2,1H3. The van der Waals surface area contributed by atoms with Gasteiger partial charge < -0.3 is 9.84 Å². The number of carbonyl (C=O) groups is 2. The highest BCUT2D eigenvalue weighted by Crippen LogP contribution is 2.12. The summed E-state index contributed by atoms with van der Waals surface area (Å²) in [7, 11) is 0. The number of carbonyl (C=O) groups excluding carboxylic acids is 2. The Bertz CT molecular complexity index is 353. The summed E-state index contributed by atoms with van der Waals surface area (Å²) < 4.78 is 5.10. The fraction of sp³-hybridized carbons (Fsp3) is 0.273. The Kier molecular flexibility index (Phi) is 4.00. The molecule has 0 amide bonds. The van der Waals surface area contributed by atoms with Crippen LogP contribution in [0.5, 0.6) is 5.75 Å². The summed E-state index contributed by atoms with van der Waals surface area (Å²) in [5.74, 6) is -0.438. The van der Waals surface area contributed by atoms with Crippen LogP contribution in [0.15, 0.2) is 24.3 Å². The number of hydrogen-bond acceptors (Lipinski definition) is 4. The first-order valence-electron chi connectivity index (χ1n) is 4.54. The monoisotopic (exact) mass is 208 g/mol. The van der Waals surface area contributed by atoms with E-state index in [4.69, 9.17) is 9.84 Å². The maximum absolute atomic E-state index is 11.2. The number of ether oxygens (including phenoxy) is 1. The Morgan fingerprint density at radius 3 is 2.33 bits per heavy atom. The third-order valence-electron chi connectivity index (χ3n) is 1.80. The van der Waals surface area contributed by atoms with Crippen LogP contribution in [-0.4, -0.2) is 29.9 Å². The summed E-state index contributed by atoms with van der Waals surface area (Å²) >= 11 is 0. The Morgan fingerprint density at radius 1 is 1.27 bits per heavy atom. The average Bonchev–Trinajstić information content (AvgIpc) is 2.26.